The molecule has 94 valence electrons. The highest BCUT2D eigenvalue weighted by atomic mass is 79.9. The number of aryl methyl sites for hydroxylation is 1. The van der Waals surface area contributed by atoms with Crippen LogP contribution in [0.4, 0.5) is 0 Å². The van der Waals surface area contributed by atoms with Crippen LogP contribution in [0.15, 0.2) is 34.8 Å². The third kappa shape index (κ3) is 3.57. The number of nitrogens with one attached hydrogen (secondary N) is 1. The van der Waals surface area contributed by atoms with Gasteiger partial charge in [0.25, 0.3) is 5.91 Å². The Labute approximate surface area is 123 Å². The van der Waals surface area contributed by atoms with E-state index in [1.54, 1.807) is 29.5 Å². The summed E-state index contributed by atoms with van der Waals surface area (Å²) in [5.74, 6) is -0.121. The standard InChI is InChI=1S/C13H11BrClNOS/c1-8-2-3-12(18-8)7-16-13(17)9-4-10(14)6-11(15)5-9/h2-6H,7H2,1H3,(H,16,17). The van der Waals surface area contributed by atoms with E-state index in [-0.39, 0.29) is 5.91 Å². The maximum atomic E-state index is 11.9. The van der Waals surface area contributed by atoms with Crippen molar-refractivity contribution in [2.45, 2.75) is 13.5 Å². The van der Waals surface area contributed by atoms with Gasteiger partial charge in [0.05, 0.1) is 6.54 Å². The topological polar surface area (TPSA) is 29.1 Å². The fraction of sp³-hybridized carbons (Fsp3) is 0.154. The Bertz CT molecular complexity index is 562. The van der Waals surface area contributed by atoms with E-state index in [2.05, 4.69) is 21.2 Å². The monoisotopic (exact) mass is 343 g/mol. The predicted molar refractivity (Wildman–Crippen MR) is 79.4 cm³/mol. The normalized spacial score (nSPS) is 10.4. The lowest BCUT2D eigenvalue weighted by Crippen LogP contribution is -2.22. The molecule has 0 saturated carbocycles. The van der Waals surface area contributed by atoms with Gasteiger partial charge in [-0.25, -0.2) is 0 Å². The van der Waals surface area contributed by atoms with Crippen LogP contribution in [-0.2, 0) is 6.54 Å². The summed E-state index contributed by atoms with van der Waals surface area (Å²) in [7, 11) is 0. The molecule has 1 amide bonds. The Morgan fingerprint density at radius 2 is 2.17 bits per heavy atom. The Kier molecular flexibility index (Phi) is 4.43. The van der Waals surface area contributed by atoms with E-state index in [9.17, 15) is 4.79 Å². The maximum absolute atomic E-state index is 11.9. The molecule has 5 heteroatoms. The molecule has 0 spiro atoms. The molecule has 0 aliphatic carbocycles. The van der Waals surface area contributed by atoms with Crippen LogP contribution in [0.2, 0.25) is 5.02 Å². The largest absolute Gasteiger partial charge is 0.347 e. The van der Waals surface area contributed by atoms with E-state index in [0.717, 1.165) is 9.35 Å². The van der Waals surface area contributed by atoms with E-state index >= 15 is 0 Å². The summed E-state index contributed by atoms with van der Waals surface area (Å²) < 4.78 is 0.798. The average Bonchev–Trinajstić information content (AvgIpc) is 2.70. The summed E-state index contributed by atoms with van der Waals surface area (Å²) in [6, 6.07) is 9.22. The molecule has 0 atom stereocenters. The first-order chi connectivity index (χ1) is 8.54. The summed E-state index contributed by atoms with van der Waals surface area (Å²) in [5, 5.41) is 3.42. The third-order valence-electron chi connectivity index (χ3n) is 2.34. The summed E-state index contributed by atoms with van der Waals surface area (Å²) >= 11 is 10.9. The van der Waals surface area contributed by atoms with E-state index < -0.39 is 0 Å². The highest BCUT2D eigenvalue weighted by molar-refractivity contribution is 9.10. The van der Waals surface area contributed by atoms with Crippen LogP contribution in [0.3, 0.4) is 0 Å². The number of hydrogen-bond donors (Lipinski definition) is 1. The molecule has 1 aromatic heterocycles. The predicted octanol–water partition coefficient (Wildman–Crippen LogP) is 4.40. The van der Waals surface area contributed by atoms with Gasteiger partial charge >= 0.3 is 0 Å². The van der Waals surface area contributed by atoms with Gasteiger partial charge in [0.1, 0.15) is 0 Å². The molecule has 1 heterocycles. The molecule has 0 bridgehead atoms. The third-order valence-corrected chi connectivity index (χ3v) is 4.02. The molecule has 2 aromatic rings. The SMILES string of the molecule is Cc1ccc(CNC(=O)c2cc(Cl)cc(Br)c2)s1. The van der Waals surface area contributed by atoms with Crippen LogP contribution >= 0.6 is 38.9 Å². The number of amides is 1. The van der Waals surface area contributed by atoms with Crippen molar-refractivity contribution < 1.29 is 4.79 Å². The second-order valence-electron chi connectivity index (χ2n) is 3.85. The van der Waals surface area contributed by atoms with E-state index in [1.807, 2.05) is 19.1 Å². The minimum atomic E-state index is -0.121. The molecule has 2 nitrogen and oxygen atoms in total. The van der Waals surface area contributed by atoms with Gasteiger partial charge in [-0.3, -0.25) is 4.79 Å². The zero-order valence-electron chi connectivity index (χ0n) is 9.67. The highest BCUT2D eigenvalue weighted by Crippen LogP contribution is 2.20. The Hall–Kier alpha value is -0.840. The van der Waals surface area contributed by atoms with Crippen molar-refractivity contribution in [1.82, 2.24) is 5.32 Å². The molecule has 1 aromatic carbocycles. The van der Waals surface area contributed by atoms with E-state index in [4.69, 9.17) is 11.6 Å². The number of thiophene rings is 1. The first-order valence-corrected chi connectivity index (χ1v) is 7.33. The quantitative estimate of drug-likeness (QED) is 0.878. The number of hydrogen-bond acceptors (Lipinski definition) is 2. The van der Waals surface area contributed by atoms with Gasteiger partial charge in [0, 0.05) is 24.8 Å². The smallest absolute Gasteiger partial charge is 0.251 e. The minimum absolute atomic E-state index is 0.121. The lowest BCUT2D eigenvalue weighted by atomic mass is 10.2. The zero-order valence-corrected chi connectivity index (χ0v) is 12.8. The Morgan fingerprint density at radius 1 is 1.39 bits per heavy atom. The molecular formula is C13H11BrClNOS. The van der Waals surface area contributed by atoms with Crippen molar-refractivity contribution in [3.05, 3.63) is 55.1 Å². The minimum Gasteiger partial charge on any atom is -0.347 e. The lowest BCUT2D eigenvalue weighted by Gasteiger charge is -2.05. The maximum Gasteiger partial charge on any atom is 0.251 e. The zero-order chi connectivity index (χ0) is 13.1. The number of benzene rings is 1. The van der Waals surface area contributed by atoms with Crippen LogP contribution in [0.25, 0.3) is 0 Å². The Morgan fingerprint density at radius 3 is 2.78 bits per heavy atom. The highest BCUT2D eigenvalue weighted by Gasteiger charge is 2.08. The summed E-state index contributed by atoms with van der Waals surface area (Å²) in [6.07, 6.45) is 0. The number of halogens is 2. The van der Waals surface area contributed by atoms with Gasteiger partial charge in [-0.15, -0.1) is 11.3 Å². The first kappa shape index (κ1) is 13.6. The summed E-state index contributed by atoms with van der Waals surface area (Å²) in [5.41, 5.74) is 0.558. The van der Waals surface area contributed by atoms with Gasteiger partial charge < -0.3 is 5.32 Å². The molecule has 18 heavy (non-hydrogen) atoms. The lowest BCUT2D eigenvalue weighted by molar-refractivity contribution is 0.0951. The van der Waals surface area contributed by atoms with Crippen molar-refractivity contribution >= 4 is 44.8 Å². The second kappa shape index (κ2) is 5.87. The molecule has 0 fully saturated rings. The molecular weight excluding hydrogens is 334 g/mol. The van der Waals surface area contributed by atoms with Crippen molar-refractivity contribution in [3.8, 4) is 0 Å². The molecule has 0 aliphatic rings. The fourth-order valence-corrected chi connectivity index (χ4v) is 3.22. The van der Waals surface area contributed by atoms with Gasteiger partial charge in [-0.2, -0.15) is 0 Å². The van der Waals surface area contributed by atoms with E-state index in [0.29, 0.717) is 17.1 Å². The van der Waals surface area contributed by atoms with Crippen LogP contribution in [0.1, 0.15) is 20.1 Å². The number of rotatable bonds is 3. The van der Waals surface area contributed by atoms with Gasteiger partial charge in [0.2, 0.25) is 0 Å². The summed E-state index contributed by atoms with van der Waals surface area (Å²) in [6.45, 7) is 2.59. The number of carbonyl (C=O) groups excluding carboxylic acids is 1. The number of carbonyl (C=O) groups is 1. The van der Waals surface area contributed by atoms with E-state index in [1.165, 1.54) is 4.88 Å². The van der Waals surface area contributed by atoms with Crippen LogP contribution in [-0.4, -0.2) is 5.91 Å². The molecule has 0 aliphatic heterocycles. The van der Waals surface area contributed by atoms with Gasteiger partial charge in [-0.05, 0) is 37.3 Å². The van der Waals surface area contributed by atoms with Crippen molar-refractivity contribution in [3.63, 3.8) is 0 Å². The van der Waals surface area contributed by atoms with Gasteiger partial charge in [-0.1, -0.05) is 27.5 Å². The Balaban J connectivity index is 2.03. The fourth-order valence-electron chi connectivity index (χ4n) is 1.53. The average molecular weight is 345 g/mol. The molecule has 0 radical (unpaired) electrons. The molecule has 1 N–H and O–H groups in total. The van der Waals surface area contributed by atoms with Crippen molar-refractivity contribution in [2.75, 3.05) is 0 Å². The van der Waals surface area contributed by atoms with Gasteiger partial charge in [0.15, 0.2) is 0 Å². The van der Waals surface area contributed by atoms with Crippen LogP contribution < -0.4 is 5.32 Å². The van der Waals surface area contributed by atoms with Crippen molar-refractivity contribution in [1.29, 1.82) is 0 Å². The molecule has 0 unspecified atom stereocenters. The molecule has 2 rings (SSSR count). The van der Waals surface area contributed by atoms with Crippen LogP contribution in [0.5, 0.6) is 0 Å². The second-order valence-corrected chi connectivity index (χ2v) is 6.58. The van der Waals surface area contributed by atoms with Crippen molar-refractivity contribution in [2.24, 2.45) is 0 Å². The molecule has 0 saturated heterocycles. The summed E-state index contributed by atoms with van der Waals surface area (Å²) in [4.78, 5) is 14.3. The van der Waals surface area contributed by atoms with Crippen LogP contribution in [0, 0.1) is 6.92 Å². The first-order valence-electron chi connectivity index (χ1n) is 5.34.